The first-order valence-electron chi connectivity index (χ1n) is 4.74. The van der Waals surface area contributed by atoms with E-state index in [1.54, 1.807) is 12.4 Å². The summed E-state index contributed by atoms with van der Waals surface area (Å²) in [5.41, 5.74) is 1.79. The molecule has 1 heterocycles. The monoisotopic (exact) mass is 192 g/mol. The van der Waals surface area contributed by atoms with Crippen molar-refractivity contribution in [1.82, 2.24) is 9.97 Å². The Labute approximate surface area is 82.3 Å². The molecule has 4 heteroatoms. The molecule has 0 amide bonds. The summed E-state index contributed by atoms with van der Waals surface area (Å²) in [4.78, 5) is 19.3. The van der Waals surface area contributed by atoms with Crippen LogP contribution in [0.15, 0.2) is 12.4 Å². The maximum absolute atomic E-state index is 10.9. The van der Waals surface area contributed by atoms with E-state index in [1.807, 2.05) is 0 Å². The van der Waals surface area contributed by atoms with E-state index in [9.17, 15) is 4.79 Å². The van der Waals surface area contributed by atoms with Crippen LogP contribution in [-0.4, -0.2) is 15.9 Å². The number of nitrogens with zero attached hydrogens (tertiary/aromatic N) is 2. The number of ether oxygens (including phenoxy) is 1. The fourth-order valence-corrected chi connectivity index (χ4v) is 1.75. The second-order valence-corrected chi connectivity index (χ2v) is 3.38. The molecular weight excluding hydrogens is 180 g/mol. The molecule has 1 aliphatic rings. The lowest BCUT2D eigenvalue weighted by Crippen LogP contribution is -2.17. The number of hydrogen-bond donors (Lipinski definition) is 0. The summed E-state index contributed by atoms with van der Waals surface area (Å²) in [6.45, 7) is 1.42. The highest BCUT2D eigenvalue weighted by molar-refractivity contribution is 5.66. The van der Waals surface area contributed by atoms with Gasteiger partial charge in [0.05, 0.1) is 5.69 Å². The van der Waals surface area contributed by atoms with Gasteiger partial charge in [-0.1, -0.05) is 0 Å². The molecule has 0 bridgehead atoms. The second-order valence-electron chi connectivity index (χ2n) is 3.38. The van der Waals surface area contributed by atoms with E-state index in [0.717, 1.165) is 30.7 Å². The molecule has 1 aromatic heterocycles. The van der Waals surface area contributed by atoms with Gasteiger partial charge in [0, 0.05) is 19.3 Å². The average molecular weight is 192 g/mol. The highest BCUT2D eigenvalue weighted by atomic mass is 16.5. The molecule has 0 radical (unpaired) electrons. The molecule has 14 heavy (non-hydrogen) atoms. The van der Waals surface area contributed by atoms with Crippen LogP contribution in [0.25, 0.3) is 0 Å². The van der Waals surface area contributed by atoms with Gasteiger partial charge in [-0.25, -0.2) is 0 Å². The van der Waals surface area contributed by atoms with Crippen LogP contribution in [0.2, 0.25) is 0 Å². The van der Waals surface area contributed by atoms with Crippen molar-refractivity contribution in [3.05, 3.63) is 23.8 Å². The summed E-state index contributed by atoms with van der Waals surface area (Å²) in [5.74, 6) is -0.256. The lowest BCUT2D eigenvalue weighted by molar-refractivity contribution is -0.147. The summed E-state index contributed by atoms with van der Waals surface area (Å²) in [6.07, 6.45) is 5.91. The van der Waals surface area contributed by atoms with Gasteiger partial charge in [0.15, 0.2) is 0 Å². The van der Waals surface area contributed by atoms with Gasteiger partial charge in [-0.2, -0.15) is 0 Å². The first kappa shape index (κ1) is 9.12. The molecular formula is C10H12N2O2. The minimum Gasteiger partial charge on any atom is -0.456 e. The fourth-order valence-electron chi connectivity index (χ4n) is 1.75. The van der Waals surface area contributed by atoms with Gasteiger partial charge in [0.25, 0.3) is 0 Å². The Kier molecular flexibility index (Phi) is 2.43. The molecule has 0 aromatic carbocycles. The Morgan fingerprint density at radius 3 is 3.07 bits per heavy atom. The third-order valence-corrected chi connectivity index (χ3v) is 2.30. The third kappa shape index (κ3) is 1.73. The van der Waals surface area contributed by atoms with E-state index in [2.05, 4.69) is 9.97 Å². The molecule has 4 nitrogen and oxygen atoms in total. The molecule has 0 saturated carbocycles. The Bertz CT molecular complexity index is 352. The SMILES string of the molecule is CC(=O)OC1CCCc2nccnc21. The summed E-state index contributed by atoms with van der Waals surface area (Å²) >= 11 is 0. The molecule has 1 atom stereocenters. The highest BCUT2D eigenvalue weighted by Crippen LogP contribution is 2.29. The van der Waals surface area contributed by atoms with E-state index in [-0.39, 0.29) is 12.1 Å². The molecule has 1 aliphatic carbocycles. The molecule has 0 saturated heterocycles. The van der Waals surface area contributed by atoms with Crippen molar-refractivity contribution in [2.75, 3.05) is 0 Å². The fraction of sp³-hybridized carbons (Fsp3) is 0.500. The average Bonchev–Trinajstić information content (AvgIpc) is 2.18. The number of aromatic nitrogens is 2. The van der Waals surface area contributed by atoms with E-state index >= 15 is 0 Å². The van der Waals surface area contributed by atoms with Crippen molar-refractivity contribution in [3.8, 4) is 0 Å². The van der Waals surface area contributed by atoms with Crippen LogP contribution in [0.3, 0.4) is 0 Å². The van der Waals surface area contributed by atoms with Crippen LogP contribution < -0.4 is 0 Å². The summed E-state index contributed by atoms with van der Waals surface area (Å²) in [5, 5.41) is 0. The molecule has 0 fully saturated rings. The van der Waals surface area contributed by atoms with Gasteiger partial charge < -0.3 is 4.74 Å². The Morgan fingerprint density at radius 2 is 2.29 bits per heavy atom. The predicted molar refractivity (Wildman–Crippen MR) is 49.5 cm³/mol. The smallest absolute Gasteiger partial charge is 0.303 e. The van der Waals surface area contributed by atoms with Gasteiger partial charge in [-0.05, 0) is 19.3 Å². The van der Waals surface area contributed by atoms with Crippen molar-refractivity contribution < 1.29 is 9.53 Å². The number of esters is 1. The van der Waals surface area contributed by atoms with Crippen LogP contribution in [0.4, 0.5) is 0 Å². The first-order valence-corrected chi connectivity index (χ1v) is 4.74. The van der Waals surface area contributed by atoms with E-state index in [0.29, 0.717) is 0 Å². The number of rotatable bonds is 1. The Balaban J connectivity index is 2.26. The van der Waals surface area contributed by atoms with Crippen LogP contribution in [-0.2, 0) is 16.0 Å². The van der Waals surface area contributed by atoms with Gasteiger partial charge in [-0.15, -0.1) is 0 Å². The maximum atomic E-state index is 10.9. The van der Waals surface area contributed by atoms with Crippen LogP contribution in [0, 0.1) is 0 Å². The molecule has 2 rings (SSSR count). The van der Waals surface area contributed by atoms with Crippen molar-refractivity contribution in [1.29, 1.82) is 0 Å². The first-order chi connectivity index (χ1) is 6.77. The van der Waals surface area contributed by atoms with Crippen LogP contribution >= 0.6 is 0 Å². The summed E-state index contributed by atoms with van der Waals surface area (Å²) in [7, 11) is 0. The normalized spacial score (nSPS) is 19.9. The zero-order valence-corrected chi connectivity index (χ0v) is 8.06. The van der Waals surface area contributed by atoms with Crippen molar-refractivity contribution in [3.63, 3.8) is 0 Å². The quantitative estimate of drug-likeness (QED) is 0.631. The molecule has 74 valence electrons. The topological polar surface area (TPSA) is 52.1 Å². The molecule has 1 unspecified atom stereocenters. The number of fused-ring (bicyclic) bond motifs is 1. The van der Waals surface area contributed by atoms with Gasteiger partial charge >= 0.3 is 5.97 Å². The number of carbonyl (C=O) groups excluding carboxylic acids is 1. The molecule has 0 N–H and O–H groups in total. The number of aryl methyl sites for hydroxylation is 1. The van der Waals surface area contributed by atoms with Crippen LogP contribution in [0.1, 0.15) is 37.3 Å². The molecule has 0 spiro atoms. The van der Waals surface area contributed by atoms with E-state index in [4.69, 9.17) is 4.74 Å². The Hall–Kier alpha value is -1.45. The minimum absolute atomic E-state index is 0.190. The van der Waals surface area contributed by atoms with Crippen molar-refractivity contribution >= 4 is 5.97 Å². The standard InChI is InChI=1S/C10H12N2O2/c1-7(13)14-9-4-2-3-8-10(9)12-6-5-11-8/h5-6,9H,2-4H2,1H3. The van der Waals surface area contributed by atoms with Gasteiger partial charge in [-0.3, -0.25) is 14.8 Å². The highest BCUT2D eigenvalue weighted by Gasteiger charge is 2.24. The molecule has 0 aliphatic heterocycles. The lowest BCUT2D eigenvalue weighted by atomic mass is 9.98. The summed E-state index contributed by atoms with van der Waals surface area (Å²) < 4.78 is 5.18. The second kappa shape index (κ2) is 3.74. The van der Waals surface area contributed by atoms with Crippen LogP contribution in [0.5, 0.6) is 0 Å². The predicted octanol–water partition coefficient (Wildman–Crippen LogP) is 1.42. The maximum Gasteiger partial charge on any atom is 0.303 e. The van der Waals surface area contributed by atoms with E-state index in [1.165, 1.54) is 6.92 Å². The third-order valence-electron chi connectivity index (χ3n) is 2.30. The van der Waals surface area contributed by atoms with Gasteiger partial charge in [0.1, 0.15) is 11.8 Å². The zero-order valence-electron chi connectivity index (χ0n) is 8.06. The molecule has 1 aromatic rings. The Morgan fingerprint density at radius 1 is 1.50 bits per heavy atom. The van der Waals surface area contributed by atoms with Crippen molar-refractivity contribution in [2.24, 2.45) is 0 Å². The number of carbonyl (C=O) groups is 1. The van der Waals surface area contributed by atoms with Crippen molar-refractivity contribution in [2.45, 2.75) is 32.3 Å². The zero-order chi connectivity index (χ0) is 9.97. The van der Waals surface area contributed by atoms with Gasteiger partial charge in [0.2, 0.25) is 0 Å². The minimum atomic E-state index is -0.256. The largest absolute Gasteiger partial charge is 0.456 e. The summed E-state index contributed by atoms with van der Waals surface area (Å²) in [6, 6.07) is 0. The lowest BCUT2D eigenvalue weighted by Gasteiger charge is -2.22. The number of hydrogen-bond acceptors (Lipinski definition) is 4. The van der Waals surface area contributed by atoms with E-state index < -0.39 is 0 Å².